The molecular weight excluding hydrogens is 290 g/mol. The standard InChI is InChI=1S/C16H22ClNO3/c1-20-13-7-12(8-14(9-13)21-2)16(19)18-15-6-4-3-5-11(15)10-17/h7-9,11,15H,3-6,10H2,1-2H3,(H,18,19). The van der Waals surface area contributed by atoms with Crippen molar-refractivity contribution in [1.29, 1.82) is 0 Å². The van der Waals surface area contributed by atoms with Crippen LogP contribution in [0.1, 0.15) is 36.0 Å². The third-order valence-electron chi connectivity index (χ3n) is 4.04. The number of rotatable bonds is 5. The summed E-state index contributed by atoms with van der Waals surface area (Å²) >= 11 is 6.01. The summed E-state index contributed by atoms with van der Waals surface area (Å²) in [6.07, 6.45) is 4.40. The molecule has 1 aliphatic carbocycles. The van der Waals surface area contributed by atoms with Crippen LogP contribution < -0.4 is 14.8 Å². The Balaban J connectivity index is 2.12. The fourth-order valence-electron chi connectivity index (χ4n) is 2.77. The second-order valence-corrected chi connectivity index (χ2v) is 5.69. The van der Waals surface area contributed by atoms with Crippen molar-refractivity contribution in [3.05, 3.63) is 23.8 Å². The summed E-state index contributed by atoms with van der Waals surface area (Å²) in [4.78, 5) is 12.4. The maximum Gasteiger partial charge on any atom is 0.251 e. The fraction of sp³-hybridized carbons (Fsp3) is 0.562. The molecule has 1 aliphatic rings. The van der Waals surface area contributed by atoms with Crippen LogP contribution in [-0.4, -0.2) is 32.0 Å². The van der Waals surface area contributed by atoms with Crippen molar-refractivity contribution in [3.8, 4) is 11.5 Å². The Bertz CT molecular complexity index is 470. The average molecular weight is 312 g/mol. The van der Waals surface area contributed by atoms with Gasteiger partial charge in [0.25, 0.3) is 5.91 Å². The molecule has 4 nitrogen and oxygen atoms in total. The molecule has 0 aliphatic heterocycles. The van der Waals surface area contributed by atoms with Gasteiger partial charge in [0.05, 0.1) is 14.2 Å². The molecule has 2 rings (SSSR count). The van der Waals surface area contributed by atoms with Crippen LogP contribution in [0, 0.1) is 5.92 Å². The monoisotopic (exact) mass is 311 g/mol. The van der Waals surface area contributed by atoms with Gasteiger partial charge in [-0.2, -0.15) is 0 Å². The van der Waals surface area contributed by atoms with Crippen molar-refractivity contribution in [2.75, 3.05) is 20.1 Å². The first kappa shape index (κ1) is 16.0. The van der Waals surface area contributed by atoms with Gasteiger partial charge in [-0.25, -0.2) is 0 Å². The van der Waals surface area contributed by atoms with Gasteiger partial charge in [-0.3, -0.25) is 4.79 Å². The van der Waals surface area contributed by atoms with E-state index in [0.717, 1.165) is 19.3 Å². The fourth-order valence-corrected chi connectivity index (χ4v) is 3.14. The Labute approximate surface area is 130 Å². The average Bonchev–Trinajstić information content (AvgIpc) is 2.54. The van der Waals surface area contributed by atoms with E-state index in [1.54, 1.807) is 32.4 Å². The molecule has 1 aromatic rings. The number of amides is 1. The molecule has 0 aromatic heterocycles. The van der Waals surface area contributed by atoms with Gasteiger partial charge in [-0.15, -0.1) is 11.6 Å². The molecule has 1 amide bonds. The summed E-state index contributed by atoms with van der Waals surface area (Å²) in [6.45, 7) is 0. The first-order valence-electron chi connectivity index (χ1n) is 7.27. The SMILES string of the molecule is COc1cc(OC)cc(C(=O)NC2CCCCC2CCl)c1. The Morgan fingerprint density at radius 2 is 1.81 bits per heavy atom. The molecule has 2 atom stereocenters. The smallest absolute Gasteiger partial charge is 0.251 e. The van der Waals surface area contributed by atoms with Crippen LogP contribution >= 0.6 is 11.6 Å². The summed E-state index contributed by atoms with van der Waals surface area (Å²) in [5.41, 5.74) is 0.546. The highest BCUT2D eigenvalue weighted by molar-refractivity contribution is 6.18. The van der Waals surface area contributed by atoms with Crippen molar-refractivity contribution in [2.24, 2.45) is 5.92 Å². The Hall–Kier alpha value is -1.42. The first-order chi connectivity index (χ1) is 10.2. The molecule has 1 fully saturated rings. The van der Waals surface area contributed by atoms with Gasteiger partial charge < -0.3 is 14.8 Å². The van der Waals surface area contributed by atoms with E-state index < -0.39 is 0 Å². The van der Waals surface area contributed by atoms with Crippen LogP contribution in [-0.2, 0) is 0 Å². The molecule has 1 aromatic carbocycles. The highest BCUT2D eigenvalue weighted by Gasteiger charge is 2.26. The summed E-state index contributed by atoms with van der Waals surface area (Å²) < 4.78 is 10.4. The van der Waals surface area contributed by atoms with Crippen molar-refractivity contribution >= 4 is 17.5 Å². The van der Waals surface area contributed by atoms with Gasteiger partial charge in [0.2, 0.25) is 0 Å². The number of nitrogens with one attached hydrogen (secondary N) is 1. The number of carbonyl (C=O) groups is 1. The predicted octanol–water partition coefficient (Wildman–Crippen LogP) is 3.23. The number of hydrogen-bond donors (Lipinski definition) is 1. The molecule has 2 unspecified atom stereocenters. The normalized spacial score (nSPS) is 21.7. The zero-order chi connectivity index (χ0) is 15.2. The van der Waals surface area contributed by atoms with Crippen LogP contribution in [0.2, 0.25) is 0 Å². The molecule has 0 spiro atoms. The highest BCUT2D eigenvalue weighted by atomic mass is 35.5. The zero-order valence-corrected chi connectivity index (χ0v) is 13.3. The van der Waals surface area contributed by atoms with E-state index in [-0.39, 0.29) is 11.9 Å². The van der Waals surface area contributed by atoms with Crippen LogP contribution in [0.15, 0.2) is 18.2 Å². The lowest BCUT2D eigenvalue weighted by Gasteiger charge is -2.30. The third kappa shape index (κ3) is 4.03. The van der Waals surface area contributed by atoms with Crippen molar-refractivity contribution in [1.82, 2.24) is 5.32 Å². The number of halogens is 1. The molecule has 1 saturated carbocycles. The minimum absolute atomic E-state index is 0.103. The van der Waals surface area contributed by atoms with E-state index in [0.29, 0.717) is 28.9 Å². The molecule has 5 heteroatoms. The van der Waals surface area contributed by atoms with Gasteiger partial charge in [0.15, 0.2) is 0 Å². The maximum absolute atomic E-state index is 12.4. The van der Waals surface area contributed by atoms with Gasteiger partial charge in [-0.1, -0.05) is 12.8 Å². The Kier molecular flexibility index (Phi) is 5.74. The third-order valence-corrected chi connectivity index (χ3v) is 4.43. The first-order valence-corrected chi connectivity index (χ1v) is 7.81. The van der Waals surface area contributed by atoms with E-state index in [1.807, 2.05) is 0 Å². The van der Waals surface area contributed by atoms with Crippen LogP contribution in [0.25, 0.3) is 0 Å². The van der Waals surface area contributed by atoms with Gasteiger partial charge in [0, 0.05) is 23.6 Å². The molecule has 0 heterocycles. The summed E-state index contributed by atoms with van der Waals surface area (Å²) in [5.74, 6) is 2.06. The van der Waals surface area contributed by atoms with E-state index in [2.05, 4.69) is 5.32 Å². The van der Waals surface area contributed by atoms with Crippen LogP contribution in [0.4, 0.5) is 0 Å². The van der Waals surface area contributed by atoms with E-state index in [4.69, 9.17) is 21.1 Å². The quantitative estimate of drug-likeness (QED) is 0.849. The molecule has 0 bridgehead atoms. The number of ether oxygens (including phenoxy) is 2. The lowest BCUT2D eigenvalue weighted by atomic mass is 9.85. The molecule has 0 radical (unpaired) electrons. The predicted molar refractivity (Wildman–Crippen MR) is 83.5 cm³/mol. The summed E-state index contributed by atoms with van der Waals surface area (Å²) in [7, 11) is 3.14. The lowest BCUT2D eigenvalue weighted by Crippen LogP contribution is -2.42. The molecule has 116 valence electrons. The molecule has 0 saturated heterocycles. The Morgan fingerprint density at radius 1 is 1.19 bits per heavy atom. The van der Waals surface area contributed by atoms with Crippen LogP contribution in [0.3, 0.4) is 0 Å². The minimum Gasteiger partial charge on any atom is -0.497 e. The van der Waals surface area contributed by atoms with E-state index in [1.165, 1.54) is 6.42 Å². The second-order valence-electron chi connectivity index (χ2n) is 5.38. The molecule has 1 N–H and O–H groups in total. The number of benzene rings is 1. The van der Waals surface area contributed by atoms with Gasteiger partial charge in [-0.05, 0) is 30.9 Å². The second kappa shape index (κ2) is 7.55. The van der Waals surface area contributed by atoms with E-state index >= 15 is 0 Å². The minimum atomic E-state index is -0.103. The maximum atomic E-state index is 12.4. The number of methoxy groups -OCH3 is 2. The number of hydrogen-bond acceptors (Lipinski definition) is 3. The number of carbonyl (C=O) groups excluding carboxylic acids is 1. The largest absolute Gasteiger partial charge is 0.497 e. The lowest BCUT2D eigenvalue weighted by molar-refractivity contribution is 0.0910. The zero-order valence-electron chi connectivity index (χ0n) is 12.5. The van der Waals surface area contributed by atoms with Gasteiger partial charge >= 0.3 is 0 Å². The van der Waals surface area contributed by atoms with Crippen molar-refractivity contribution < 1.29 is 14.3 Å². The van der Waals surface area contributed by atoms with E-state index in [9.17, 15) is 4.79 Å². The van der Waals surface area contributed by atoms with Crippen LogP contribution in [0.5, 0.6) is 11.5 Å². The van der Waals surface area contributed by atoms with Crippen molar-refractivity contribution in [3.63, 3.8) is 0 Å². The summed E-state index contributed by atoms with van der Waals surface area (Å²) in [6, 6.07) is 5.34. The highest BCUT2D eigenvalue weighted by Crippen LogP contribution is 2.27. The summed E-state index contributed by atoms with van der Waals surface area (Å²) in [5, 5.41) is 3.10. The molecule has 21 heavy (non-hydrogen) atoms. The van der Waals surface area contributed by atoms with Crippen molar-refractivity contribution in [2.45, 2.75) is 31.7 Å². The topological polar surface area (TPSA) is 47.6 Å². The van der Waals surface area contributed by atoms with Gasteiger partial charge in [0.1, 0.15) is 11.5 Å². The number of alkyl halides is 1. The Morgan fingerprint density at radius 3 is 2.38 bits per heavy atom. The molecular formula is C16H22ClNO3.